The molecule has 8 heteroatoms. The van der Waals surface area contributed by atoms with Crippen molar-refractivity contribution >= 4 is 46.3 Å². The molecule has 30 heavy (non-hydrogen) atoms. The van der Waals surface area contributed by atoms with Gasteiger partial charge in [-0.25, -0.2) is 4.79 Å². The van der Waals surface area contributed by atoms with E-state index < -0.39 is 5.97 Å². The van der Waals surface area contributed by atoms with E-state index in [1.165, 1.54) is 18.9 Å². The monoisotopic (exact) mass is 443 g/mol. The third kappa shape index (κ3) is 4.83. The van der Waals surface area contributed by atoms with Crippen molar-refractivity contribution in [2.45, 2.75) is 13.8 Å². The van der Waals surface area contributed by atoms with Gasteiger partial charge in [-0.05, 0) is 55.8 Å². The number of amides is 1. The minimum absolute atomic E-state index is 0.112. The van der Waals surface area contributed by atoms with Crippen molar-refractivity contribution < 1.29 is 23.8 Å². The van der Waals surface area contributed by atoms with Gasteiger partial charge in [0, 0.05) is 6.54 Å². The van der Waals surface area contributed by atoms with Crippen molar-refractivity contribution in [3.05, 3.63) is 58.5 Å². The summed E-state index contributed by atoms with van der Waals surface area (Å²) in [4.78, 5) is 27.1. The highest BCUT2D eigenvalue weighted by Crippen LogP contribution is 2.35. The standard InChI is InChI=1S/C22H21NO5S2/c1-4-23-20(24)19(30-22(23)29)12-14-9-10-17(18(11-14)27-5-2)28-21(25)15-7-6-8-16(13-15)26-3/h6-13H,4-5H2,1-3H3/b19-12-. The van der Waals surface area contributed by atoms with E-state index >= 15 is 0 Å². The van der Waals surface area contributed by atoms with Gasteiger partial charge in [-0.1, -0.05) is 36.1 Å². The number of benzene rings is 2. The van der Waals surface area contributed by atoms with Crippen LogP contribution in [-0.2, 0) is 4.79 Å². The second kappa shape index (κ2) is 9.77. The van der Waals surface area contributed by atoms with Crippen molar-refractivity contribution in [2.24, 2.45) is 0 Å². The van der Waals surface area contributed by atoms with Gasteiger partial charge in [0.15, 0.2) is 11.5 Å². The Balaban J connectivity index is 1.85. The molecule has 0 N–H and O–H groups in total. The summed E-state index contributed by atoms with van der Waals surface area (Å²) in [5.41, 5.74) is 1.11. The van der Waals surface area contributed by atoms with Crippen LogP contribution in [0.2, 0.25) is 0 Å². The number of rotatable bonds is 7. The van der Waals surface area contributed by atoms with Gasteiger partial charge in [-0.3, -0.25) is 9.69 Å². The van der Waals surface area contributed by atoms with E-state index in [4.69, 9.17) is 26.4 Å². The van der Waals surface area contributed by atoms with Crippen LogP contribution in [0.5, 0.6) is 17.2 Å². The lowest BCUT2D eigenvalue weighted by Gasteiger charge is -2.12. The van der Waals surface area contributed by atoms with Crippen LogP contribution in [-0.4, -0.2) is 41.4 Å². The first-order valence-corrected chi connectivity index (χ1v) is 10.6. The van der Waals surface area contributed by atoms with E-state index in [2.05, 4.69) is 0 Å². The normalized spacial score (nSPS) is 14.9. The molecule has 0 unspecified atom stereocenters. The van der Waals surface area contributed by atoms with Crippen LogP contribution >= 0.6 is 24.0 Å². The van der Waals surface area contributed by atoms with Gasteiger partial charge in [0.25, 0.3) is 5.91 Å². The van der Waals surface area contributed by atoms with E-state index in [0.717, 1.165) is 5.56 Å². The molecule has 3 rings (SSSR count). The van der Waals surface area contributed by atoms with Gasteiger partial charge < -0.3 is 14.2 Å². The van der Waals surface area contributed by atoms with Crippen LogP contribution in [0.3, 0.4) is 0 Å². The lowest BCUT2D eigenvalue weighted by atomic mass is 10.1. The number of ether oxygens (including phenoxy) is 3. The van der Waals surface area contributed by atoms with Crippen molar-refractivity contribution in [1.82, 2.24) is 4.90 Å². The predicted molar refractivity (Wildman–Crippen MR) is 121 cm³/mol. The number of carbonyl (C=O) groups is 2. The first kappa shape index (κ1) is 21.9. The summed E-state index contributed by atoms with van der Waals surface area (Å²) in [6.07, 6.45) is 1.76. The number of hydrogen-bond donors (Lipinski definition) is 0. The second-order valence-electron chi connectivity index (χ2n) is 6.19. The van der Waals surface area contributed by atoms with Crippen LogP contribution in [0.15, 0.2) is 47.4 Å². The minimum Gasteiger partial charge on any atom is -0.497 e. The number of carbonyl (C=O) groups excluding carboxylic acids is 2. The molecule has 2 aromatic carbocycles. The molecule has 0 spiro atoms. The summed E-state index contributed by atoms with van der Waals surface area (Å²) >= 11 is 6.51. The van der Waals surface area contributed by atoms with Crippen LogP contribution in [0.1, 0.15) is 29.8 Å². The molecule has 1 amide bonds. The molecule has 1 heterocycles. The predicted octanol–water partition coefficient (Wildman–Crippen LogP) is 4.53. The molecule has 0 bridgehead atoms. The topological polar surface area (TPSA) is 65.1 Å². The van der Waals surface area contributed by atoms with E-state index in [0.29, 0.717) is 45.2 Å². The van der Waals surface area contributed by atoms with Crippen molar-refractivity contribution in [3.63, 3.8) is 0 Å². The molecule has 2 aromatic rings. The fraction of sp³-hybridized carbons (Fsp3) is 0.227. The molecule has 1 aliphatic heterocycles. The van der Waals surface area contributed by atoms with Crippen molar-refractivity contribution in [1.29, 1.82) is 0 Å². The molecular weight excluding hydrogens is 422 g/mol. The summed E-state index contributed by atoms with van der Waals surface area (Å²) in [5, 5.41) is 0. The van der Waals surface area contributed by atoms with E-state index in [1.807, 2.05) is 13.8 Å². The first-order valence-electron chi connectivity index (χ1n) is 9.35. The summed E-state index contributed by atoms with van der Waals surface area (Å²) in [5.74, 6) is 0.635. The van der Waals surface area contributed by atoms with Gasteiger partial charge in [-0.15, -0.1) is 0 Å². The molecule has 0 saturated carbocycles. The van der Waals surface area contributed by atoms with Gasteiger partial charge in [-0.2, -0.15) is 0 Å². The maximum absolute atomic E-state index is 12.5. The summed E-state index contributed by atoms with van der Waals surface area (Å²) < 4.78 is 16.9. The molecule has 1 fully saturated rings. The first-order chi connectivity index (χ1) is 14.5. The summed E-state index contributed by atoms with van der Waals surface area (Å²) in [6.45, 7) is 4.65. The highest BCUT2D eigenvalue weighted by Gasteiger charge is 2.30. The van der Waals surface area contributed by atoms with Gasteiger partial charge in [0.2, 0.25) is 0 Å². The third-order valence-corrected chi connectivity index (χ3v) is 5.64. The summed E-state index contributed by atoms with van der Waals surface area (Å²) in [6, 6.07) is 11.9. The number of likely N-dealkylation sites (N-methyl/N-ethyl adjacent to an activating group) is 1. The lowest BCUT2D eigenvalue weighted by Crippen LogP contribution is -2.27. The molecule has 0 aliphatic carbocycles. The Morgan fingerprint density at radius 1 is 1.17 bits per heavy atom. The number of nitrogens with zero attached hydrogens (tertiary/aromatic N) is 1. The maximum atomic E-state index is 12.5. The summed E-state index contributed by atoms with van der Waals surface area (Å²) in [7, 11) is 1.53. The minimum atomic E-state index is -0.522. The Labute approximate surface area is 184 Å². The van der Waals surface area contributed by atoms with Crippen LogP contribution in [0.4, 0.5) is 0 Å². The Morgan fingerprint density at radius 3 is 2.63 bits per heavy atom. The molecule has 6 nitrogen and oxygen atoms in total. The second-order valence-corrected chi connectivity index (χ2v) is 7.86. The largest absolute Gasteiger partial charge is 0.497 e. The SMILES string of the molecule is CCOc1cc(/C=C2\SC(=S)N(CC)C2=O)ccc1OC(=O)c1cccc(OC)c1. The third-order valence-electron chi connectivity index (χ3n) is 4.26. The van der Waals surface area contributed by atoms with Crippen LogP contribution in [0, 0.1) is 0 Å². The Bertz CT molecular complexity index is 1020. The zero-order valence-electron chi connectivity index (χ0n) is 16.8. The fourth-order valence-corrected chi connectivity index (χ4v) is 4.18. The highest BCUT2D eigenvalue weighted by molar-refractivity contribution is 8.26. The van der Waals surface area contributed by atoms with E-state index in [9.17, 15) is 9.59 Å². The van der Waals surface area contributed by atoms with Gasteiger partial charge >= 0.3 is 5.97 Å². The Kier molecular flexibility index (Phi) is 7.12. The zero-order valence-corrected chi connectivity index (χ0v) is 18.5. The van der Waals surface area contributed by atoms with Crippen LogP contribution < -0.4 is 14.2 Å². The van der Waals surface area contributed by atoms with Crippen molar-refractivity contribution in [2.75, 3.05) is 20.3 Å². The Morgan fingerprint density at radius 2 is 1.97 bits per heavy atom. The zero-order chi connectivity index (χ0) is 21.7. The molecule has 0 aromatic heterocycles. The number of thioether (sulfide) groups is 1. The average molecular weight is 444 g/mol. The molecule has 1 aliphatic rings. The molecule has 156 valence electrons. The number of methoxy groups -OCH3 is 1. The molecular formula is C22H21NO5S2. The number of esters is 1. The smallest absolute Gasteiger partial charge is 0.343 e. The quantitative estimate of drug-likeness (QED) is 0.269. The van der Waals surface area contributed by atoms with E-state index in [1.54, 1.807) is 53.4 Å². The molecule has 1 saturated heterocycles. The number of hydrogen-bond acceptors (Lipinski definition) is 7. The Hall–Kier alpha value is -2.84. The lowest BCUT2D eigenvalue weighted by molar-refractivity contribution is -0.121. The average Bonchev–Trinajstić information content (AvgIpc) is 3.02. The highest BCUT2D eigenvalue weighted by atomic mass is 32.2. The van der Waals surface area contributed by atoms with Crippen molar-refractivity contribution in [3.8, 4) is 17.2 Å². The fourth-order valence-electron chi connectivity index (χ4n) is 2.80. The van der Waals surface area contributed by atoms with E-state index in [-0.39, 0.29) is 5.91 Å². The van der Waals surface area contributed by atoms with Gasteiger partial charge in [0.05, 0.1) is 24.2 Å². The molecule has 0 atom stereocenters. The van der Waals surface area contributed by atoms with Gasteiger partial charge in [0.1, 0.15) is 10.1 Å². The molecule has 0 radical (unpaired) electrons. The van der Waals surface area contributed by atoms with Crippen LogP contribution in [0.25, 0.3) is 6.08 Å². The number of thiocarbonyl (C=S) groups is 1. The maximum Gasteiger partial charge on any atom is 0.343 e.